The molecular weight excluding hydrogens is 218 g/mol. The molecule has 17 heavy (non-hydrogen) atoms. The van der Waals surface area contributed by atoms with Gasteiger partial charge in [-0.2, -0.15) is 0 Å². The lowest BCUT2D eigenvalue weighted by Crippen LogP contribution is -2.43. The molecule has 2 aliphatic rings. The number of carbonyl (C=O) groups is 1. The number of Topliss-reactive ketones (excluding diaryl/α,β-unsaturated/α-hetero) is 1. The average molecular weight is 237 g/mol. The van der Waals surface area contributed by atoms with Gasteiger partial charge in [0.2, 0.25) is 5.88 Å². The van der Waals surface area contributed by atoms with Crippen LogP contribution >= 0.6 is 0 Å². The summed E-state index contributed by atoms with van der Waals surface area (Å²) >= 11 is 0. The van der Waals surface area contributed by atoms with Crippen molar-refractivity contribution in [3.8, 4) is 0 Å². The summed E-state index contributed by atoms with van der Waals surface area (Å²) in [6.07, 6.45) is 4.62. The monoisotopic (exact) mass is 237 g/mol. The van der Waals surface area contributed by atoms with Crippen molar-refractivity contribution in [2.75, 3.05) is 7.11 Å². The zero-order valence-electron chi connectivity index (χ0n) is 10.4. The second-order valence-electron chi connectivity index (χ2n) is 5.02. The molecule has 1 aliphatic carbocycles. The number of methoxy groups -OCH3 is 1. The highest BCUT2D eigenvalue weighted by Crippen LogP contribution is 2.37. The lowest BCUT2D eigenvalue weighted by atomic mass is 9.73. The number of carbonyl (C=O) groups excluding carboxylic acids is 1. The summed E-state index contributed by atoms with van der Waals surface area (Å²) in [4.78, 5) is 15.5. The molecule has 0 amide bonds. The zero-order chi connectivity index (χ0) is 12.5. The van der Waals surface area contributed by atoms with Crippen LogP contribution in [-0.2, 0) is 9.53 Å². The van der Waals surface area contributed by atoms with E-state index in [-0.39, 0.29) is 11.7 Å². The van der Waals surface area contributed by atoms with Crippen LogP contribution in [0.4, 0.5) is 0 Å². The van der Waals surface area contributed by atoms with Crippen LogP contribution < -0.4 is 0 Å². The summed E-state index contributed by atoms with van der Waals surface area (Å²) in [7, 11) is 1.60. The van der Waals surface area contributed by atoms with Crippen molar-refractivity contribution in [1.82, 2.24) is 0 Å². The normalized spacial score (nSPS) is 28.4. The van der Waals surface area contributed by atoms with Gasteiger partial charge in [0.15, 0.2) is 0 Å². The van der Waals surface area contributed by atoms with Gasteiger partial charge in [0.25, 0.3) is 0 Å². The number of allylic oxidation sites excluding steroid dienone is 1. The number of rotatable bonds is 2. The lowest BCUT2D eigenvalue weighted by Gasteiger charge is -2.38. The fourth-order valence-corrected chi connectivity index (χ4v) is 2.63. The summed E-state index contributed by atoms with van der Waals surface area (Å²) in [5, 5.41) is 10.6. The molecule has 4 heteroatoms. The van der Waals surface area contributed by atoms with Crippen LogP contribution in [0, 0.1) is 5.92 Å². The van der Waals surface area contributed by atoms with E-state index in [0.29, 0.717) is 31.6 Å². The third-order valence-electron chi connectivity index (χ3n) is 3.82. The van der Waals surface area contributed by atoms with Crippen LogP contribution in [0.15, 0.2) is 16.4 Å². The van der Waals surface area contributed by atoms with Gasteiger partial charge in [-0.15, -0.1) is 0 Å². The Morgan fingerprint density at radius 3 is 2.65 bits per heavy atom. The van der Waals surface area contributed by atoms with E-state index in [1.807, 2.05) is 6.92 Å². The Kier molecular flexibility index (Phi) is 3.33. The minimum Gasteiger partial charge on any atom is -0.481 e. The van der Waals surface area contributed by atoms with Crippen LogP contribution in [0.25, 0.3) is 0 Å². The largest absolute Gasteiger partial charge is 0.481 e. The molecule has 94 valence electrons. The molecular formula is C13H19NO3. The molecule has 0 spiro atoms. The molecule has 0 aromatic heterocycles. The number of ether oxygens (including phenoxy) is 1. The fraction of sp³-hybridized carbons (Fsp3) is 0.692. The molecule has 1 fully saturated rings. The average Bonchev–Trinajstić information content (AvgIpc) is 2.33. The van der Waals surface area contributed by atoms with Crippen molar-refractivity contribution >= 4 is 12.0 Å². The summed E-state index contributed by atoms with van der Waals surface area (Å²) < 4.78 is 5.14. The molecule has 1 N–H and O–H groups in total. The van der Waals surface area contributed by atoms with Crippen molar-refractivity contribution in [2.45, 2.75) is 44.6 Å². The van der Waals surface area contributed by atoms with Crippen molar-refractivity contribution in [2.24, 2.45) is 10.9 Å². The predicted octanol–water partition coefficient (Wildman–Crippen LogP) is 1.83. The highest BCUT2D eigenvalue weighted by Gasteiger charge is 2.40. The Bertz CT molecular complexity index is 374. The predicted molar refractivity (Wildman–Crippen MR) is 64.7 cm³/mol. The molecule has 0 radical (unpaired) electrons. The van der Waals surface area contributed by atoms with Crippen LogP contribution in [0.3, 0.4) is 0 Å². The summed E-state index contributed by atoms with van der Waals surface area (Å²) in [5.41, 5.74) is 0.295. The Balaban J connectivity index is 2.08. The zero-order valence-corrected chi connectivity index (χ0v) is 10.4. The van der Waals surface area contributed by atoms with Gasteiger partial charge in [-0.25, -0.2) is 4.99 Å². The van der Waals surface area contributed by atoms with Gasteiger partial charge < -0.3 is 9.84 Å². The number of aliphatic imine (C=N–C) groups is 1. The molecule has 2 rings (SSSR count). The molecule has 0 aromatic rings. The van der Waals surface area contributed by atoms with Gasteiger partial charge in [-0.05, 0) is 31.8 Å². The smallest absolute Gasteiger partial charge is 0.211 e. The Labute approximate surface area is 101 Å². The van der Waals surface area contributed by atoms with Gasteiger partial charge in [0.05, 0.1) is 12.7 Å². The van der Waals surface area contributed by atoms with Gasteiger partial charge in [-0.3, -0.25) is 4.79 Å². The third kappa shape index (κ3) is 2.41. The van der Waals surface area contributed by atoms with E-state index in [1.54, 1.807) is 13.3 Å². The van der Waals surface area contributed by atoms with E-state index in [9.17, 15) is 9.90 Å². The highest BCUT2D eigenvalue weighted by atomic mass is 16.5. The lowest BCUT2D eigenvalue weighted by molar-refractivity contribution is -0.126. The molecule has 0 aromatic carbocycles. The van der Waals surface area contributed by atoms with E-state index in [1.165, 1.54) is 0 Å². The molecule has 4 nitrogen and oxygen atoms in total. The number of hydrogen-bond donors (Lipinski definition) is 1. The van der Waals surface area contributed by atoms with E-state index in [0.717, 1.165) is 12.0 Å². The first-order chi connectivity index (χ1) is 8.05. The Hall–Kier alpha value is -1.16. The standard InChI is InChI=1S/C13H19NO3/c1-9-7-10(8-14-12(9)17-2)13(16)5-3-11(15)4-6-13/h8,10,16H,3-7H2,1-2H3. The third-order valence-corrected chi connectivity index (χ3v) is 3.82. The maximum Gasteiger partial charge on any atom is 0.211 e. The first kappa shape index (κ1) is 12.3. The first-order valence-electron chi connectivity index (χ1n) is 6.07. The highest BCUT2D eigenvalue weighted by molar-refractivity contribution is 5.80. The first-order valence-corrected chi connectivity index (χ1v) is 6.07. The summed E-state index contributed by atoms with van der Waals surface area (Å²) in [5.74, 6) is 0.915. The second-order valence-corrected chi connectivity index (χ2v) is 5.02. The van der Waals surface area contributed by atoms with Crippen LogP contribution in [-0.4, -0.2) is 29.8 Å². The molecule has 1 unspecified atom stereocenters. The van der Waals surface area contributed by atoms with Gasteiger partial charge in [-0.1, -0.05) is 0 Å². The number of nitrogens with zero attached hydrogens (tertiary/aromatic N) is 1. The molecule has 1 atom stereocenters. The molecule has 1 aliphatic heterocycles. The van der Waals surface area contributed by atoms with E-state index < -0.39 is 5.60 Å². The summed E-state index contributed by atoms with van der Waals surface area (Å²) in [6.45, 7) is 1.97. The molecule has 0 bridgehead atoms. The number of hydrogen-bond acceptors (Lipinski definition) is 4. The SMILES string of the molecule is COC1=C(C)CC(C2(O)CCC(=O)CC2)C=N1. The van der Waals surface area contributed by atoms with Crippen molar-refractivity contribution in [3.05, 3.63) is 11.5 Å². The molecule has 1 heterocycles. The topological polar surface area (TPSA) is 58.9 Å². The molecule has 0 saturated heterocycles. The minimum atomic E-state index is -0.766. The number of aliphatic hydroxyl groups is 1. The van der Waals surface area contributed by atoms with Gasteiger partial charge in [0.1, 0.15) is 5.78 Å². The van der Waals surface area contributed by atoms with E-state index >= 15 is 0 Å². The maximum atomic E-state index is 11.2. The summed E-state index contributed by atoms with van der Waals surface area (Å²) in [6, 6.07) is 0. The van der Waals surface area contributed by atoms with Crippen LogP contribution in [0.1, 0.15) is 39.0 Å². The van der Waals surface area contributed by atoms with Crippen LogP contribution in [0.2, 0.25) is 0 Å². The Morgan fingerprint density at radius 2 is 2.12 bits per heavy atom. The quantitative estimate of drug-likeness (QED) is 0.797. The second kappa shape index (κ2) is 4.61. The van der Waals surface area contributed by atoms with Gasteiger partial charge in [0, 0.05) is 25.0 Å². The minimum absolute atomic E-state index is 0.00880. The Morgan fingerprint density at radius 1 is 1.47 bits per heavy atom. The number of ketones is 1. The van der Waals surface area contributed by atoms with Gasteiger partial charge >= 0.3 is 0 Å². The molecule has 1 saturated carbocycles. The van der Waals surface area contributed by atoms with Crippen molar-refractivity contribution < 1.29 is 14.6 Å². The van der Waals surface area contributed by atoms with E-state index in [2.05, 4.69) is 4.99 Å². The van der Waals surface area contributed by atoms with E-state index in [4.69, 9.17) is 4.74 Å². The fourth-order valence-electron chi connectivity index (χ4n) is 2.63. The van der Waals surface area contributed by atoms with Crippen molar-refractivity contribution in [3.63, 3.8) is 0 Å². The van der Waals surface area contributed by atoms with Crippen LogP contribution in [0.5, 0.6) is 0 Å². The maximum absolute atomic E-state index is 11.2. The van der Waals surface area contributed by atoms with Crippen molar-refractivity contribution in [1.29, 1.82) is 0 Å².